The van der Waals surface area contributed by atoms with Crippen molar-refractivity contribution in [2.75, 3.05) is 0 Å². The summed E-state index contributed by atoms with van der Waals surface area (Å²) >= 11 is 3.91. The van der Waals surface area contributed by atoms with Gasteiger partial charge >= 0.3 is 0 Å². The topological polar surface area (TPSA) is 9.23 Å². The van der Waals surface area contributed by atoms with Crippen LogP contribution in [0, 0.1) is 5.92 Å². The lowest BCUT2D eigenvalue weighted by Gasteiger charge is -2.18. The maximum Gasteiger partial charge on any atom is 0.123 e. The minimum atomic E-state index is -0.0316. The Morgan fingerprint density at radius 3 is 2.72 bits per heavy atom. The number of ether oxygens (including phenoxy) is 1. The molecular formula is C16H21BrO. The Kier molecular flexibility index (Phi) is 3.17. The summed E-state index contributed by atoms with van der Waals surface area (Å²) in [6, 6.07) is 6.74. The van der Waals surface area contributed by atoms with E-state index in [-0.39, 0.29) is 5.60 Å². The SMILES string of the molecule is CC1(C)Cc2cc(C(Br)C3CCCC3)ccc2O1. The van der Waals surface area contributed by atoms with Crippen molar-refractivity contribution in [3.8, 4) is 5.75 Å². The fourth-order valence-electron chi connectivity index (χ4n) is 3.32. The van der Waals surface area contributed by atoms with Gasteiger partial charge in [0.1, 0.15) is 11.4 Å². The number of fused-ring (bicyclic) bond motifs is 1. The van der Waals surface area contributed by atoms with Gasteiger partial charge in [-0.05, 0) is 49.8 Å². The van der Waals surface area contributed by atoms with Crippen molar-refractivity contribution in [1.29, 1.82) is 0 Å². The molecule has 1 aliphatic carbocycles. The van der Waals surface area contributed by atoms with Gasteiger partial charge in [0, 0.05) is 11.2 Å². The first-order valence-corrected chi connectivity index (χ1v) is 7.93. The summed E-state index contributed by atoms with van der Waals surface area (Å²) in [5, 5.41) is 0. The molecule has 1 atom stereocenters. The van der Waals surface area contributed by atoms with Crippen LogP contribution < -0.4 is 4.74 Å². The second-order valence-electron chi connectivity index (χ2n) is 6.35. The third kappa shape index (κ3) is 2.32. The summed E-state index contributed by atoms with van der Waals surface area (Å²) in [5.74, 6) is 1.90. The number of hydrogen-bond donors (Lipinski definition) is 0. The largest absolute Gasteiger partial charge is 0.487 e. The van der Waals surface area contributed by atoms with E-state index in [0.29, 0.717) is 4.83 Å². The number of rotatable bonds is 2. The van der Waals surface area contributed by atoms with Crippen LogP contribution in [0.2, 0.25) is 0 Å². The minimum absolute atomic E-state index is 0.0316. The van der Waals surface area contributed by atoms with Crippen LogP contribution in [0.25, 0.3) is 0 Å². The Hall–Kier alpha value is -0.500. The number of alkyl halides is 1. The van der Waals surface area contributed by atoms with Gasteiger partial charge in [-0.2, -0.15) is 0 Å². The molecule has 98 valence electrons. The van der Waals surface area contributed by atoms with Gasteiger partial charge in [-0.25, -0.2) is 0 Å². The number of benzene rings is 1. The Morgan fingerprint density at radius 1 is 1.28 bits per heavy atom. The van der Waals surface area contributed by atoms with Crippen molar-refractivity contribution in [1.82, 2.24) is 0 Å². The predicted octanol–water partition coefficient (Wildman–Crippen LogP) is 5.03. The van der Waals surface area contributed by atoms with Crippen LogP contribution in [0.3, 0.4) is 0 Å². The van der Waals surface area contributed by atoms with Crippen molar-refractivity contribution in [3.05, 3.63) is 29.3 Å². The zero-order valence-electron chi connectivity index (χ0n) is 11.2. The Morgan fingerprint density at radius 2 is 2.00 bits per heavy atom. The van der Waals surface area contributed by atoms with E-state index in [0.717, 1.165) is 18.1 Å². The van der Waals surface area contributed by atoms with Crippen molar-refractivity contribution >= 4 is 15.9 Å². The van der Waals surface area contributed by atoms with E-state index in [1.807, 2.05) is 0 Å². The normalized spacial score (nSPS) is 23.7. The Labute approximate surface area is 118 Å². The van der Waals surface area contributed by atoms with E-state index in [1.165, 1.54) is 36.8 Å². The van der Waals surface area contributed by atoms with Crippen molar-refractivity contribution in [2.45, 2.75) is 56.4 Å². The molecule has 1 aromatic carbocycles. The van der Waals surface area contributed by atoms with Crippen LogP contribution >= 0.6 is 15.9 Å². The van der Waals surface area contributed by atoms with E-state index < -0.39 is 0 Å². The predicted molar refractivity (Wildman–Crippen MR) is 78.5 cm³/mol. The average Bonchev–Trinajstić information content (AvgIpc) is 2.91. The highest BCUT2D eigenvalue weighted by atomic mass is 79.9. The van der Waals surface area contributed by atoms with E-state index in [1.54, 1.807) is 0 Å². The molecule has 0 bridgehead atoms. The first-order chi connectivity index (χ1) is 8.55. The first-order valence-electron chi connectivity index (χ1n) is 7.01. The highest BCUT2D eigenvalue weighted by Crippen LogP contribution is 2.43. The Bertz CT molecular complexity index is 446. The second kappa shape index (κ2) is 4.56. The summed E-state index contributed by atoms with van der Waals surface area (Å²) < 4.78 is 5.94. The fraction of sp³-hybridized carbons (Fsp3) is 0.625. The van der Waals surface area contributed by atoms with Gasteiger partial charge < -0.3 is 4.74 Å². The molecule has 0 aromatic heterocycles. The van der Waals surface area contributed by atoms with Gasteiger partial charge in [-0.3, -0.25) is 0 Å². The van der Waals surface area contributed by atoms with Crippen LogP contribution in [0.4, 0.5) is 0 Å². The fourth-order valence-corrected chi connectivity index (χ4v) is 4.14. The standard InChI is InChI=1S/C16H21BrO/c1-16(2)10-13-9-12(7-8-14(13)18-16)15(17)11-5-3-4-6-11/h7-9,11,15H,3-6,10H2,1-2H3. The molecule has 3 rings (SSSR count). The van der Waals surface area contributed by atoms with Gasteiger partial charge in [0.2, 0.25) is 0 Å². The van der Waals surface area contributed by atoms with Gasteiger partial charge in [0.25, 0.3) is 0 Å². The molecule has 1 nitrogen and oxygen atoms in total. The monoisotopic (exact) mass is 308 g/mol. The molecule has 1 heterocycles. The van der Waals surface area contributed by atoms with Gasteiger partial charge in [-0.15, -0.1) is 0 Å². The molecule has 2 heteroatoms. The molecule has 0 radical (unpaired) electrons. The van der Waals surface area contributed by atoms with Crippen molar-refractivity contribution < 1.29 is 4.74 Å². The van der Waals surface area contributed by atoms with Crippen LogP contribution in [0.1, 0.15) is 55.5 Å². The molecule has 1 fully saturated rings. The quantitative estimate of drug-likeness (QED) is 0.697. The molecule has 0 amide bonds. The maximum absolute atomic E-state index is 5.94. The highest BCUT2D eigenvalue weighted by Gasteiger charge is 2.31. The molecule has 1 saturated carbocycles. The van der Waals surface area contributed by atoms with Crippen LogP contribution in [0.15, 0.2) is 18.2 Å². The van der Waals surface area contributed by atoms with E-state index in [2.05, 4.69) is 48.0 Å². The molecule has 0 spiro atoms. The molecule has 1 aromatic rings. The van der Waals surface area contributed by atoms with E-state index >= 15 is 0 Å². The van der Waals surface area contributed by atoms with Crippen molar-refractivity contribution in [2.24, 2.45) is 5.92 Å². The van der Waals surface area contributed by atoms with E-state index in [4.69, 9.17) is 4.74 Å². The third-order valence-corrected chi connectivity index (χ3v) is 5.50. The van der Waals surface area contributed by atoms with E-state index in [9.17, 15) is 0 Å². The summed E-state index contributed by atoms with van der Waals surface area (Å²) in [7, 11) is 0. The minimum Gasteiger partial charge on any atom is -0.487 e. The van der Waals surface area contributed by atoms with Crippen LogP contribution in [-0.2, 0) is 6.42 Å². The molecular weight excluding hydrogens is 288 g/mol. The average molecular weight is 309 g/mol. The number of halogens is 1. The number of hydrogen-bond acceptors (Lipinski definition) is 1. The first kappa shape index (κ1) is 12.5. The van der Waals surface area contributed by atoms with Crippen LogP contribution in [0.5, 0.6) is 5.75 Å². The van der Waals surface area contributed by atoms with Gasteiger partial charge in [-0.1, -0.05) is 40.9 Å². The maximum atomic E-state index is 5.94. The zero-order valence-corrected chi connectivity index (χ0v) is 12.8. The molecule has 2 aliphatic rings. The van der Waals surface area contributed by atoms with Gasteiger partial charge in [0.15, 0.2) is 0 Å². The summed E-state index contributed by atoms with van der Waals surface area (Å²) in [6.45, 7) is 4.32. The molecule has 18 heavy (non-hydrogen) atoms. The lowest BCUT2D eigenvalue weighted by molar-refractivity contribution is 0.138. The summed E-state index contributed by atoms with van der Waals surface area (Å²) in [6.07, 6.45) is 6.56. The third-order valence-electron chi connectivity index (χ3n) is 4.22. The molecule has 0 saturated heterocycles. The Balaban J connectivity index is 1.83. The van der Waals surface area contributed by atoms with Crippen LogP contribution in [-0.4, -0.2) is 5.60 Å². The van der Waals surface area contributed by atoms with Gasteiger partial charge in [0.05, 0.1) is 0 Å². The molecule has 1 unspecified atom stereocenters. The smallest absolute Gasteiger partial charge is 0.123 e. The molecule has 0 N–H and O–H groups in total. The summed E-state index contributed by atoms with van der Waals surface area (Å²) in [4.78, 5) is 0.522. The van der Waals surface area contributed by atoms with Crippen molar-refractivity contribution in [3.63, 3.8) is 0 Å². The lowest BCUT2D eigenvalue weighted by Crippen LogP contribution is -2.24. The highest BCUT2D eigenvalue weighted by molar-refractivity contribution is 9.09. The zero-order chi connectivity index (χ0) is 12.8. The lowest BCUT2D eigenvalue weighted by atomic mass is 9.94. The summed E-state index contributed by atoms with van der Waals surface area (Å²) in [5.41, 5.74) is 2.78. The second-order valence-corrected chi connectivity index (χ2v) is 7.34. The molecule has 1 aliphatic heterocycles.